The van der Waals surface area contributed by atoms with Gasteiger partial charge in [0.15, 0.2) is 7.37 Å². The second-order valence-corrected chi connectivity index (χ2v) is 8.43. The van der Waals surface area contributed by atoms with Crippen LogP contribution in [0.3, 0.4) is 0 Å². The van der Waals surface area contributed by atoms with Gasteiger partial charge in [0, 0.05) is 39.9 Å². The van der Waals surface area contributed by atoms with Crippen LogP contribution in [0.15, 0.2) is 0 Å². The van der Waals surface area contributed by atoms with Crippen molar-refractivity contribution in [1.82, 2.24) is 0 Å². The molecule has 16 heavy (non-hydrogen) atoms. The molecule has 0 fully saturated rings. The summed E-state index contributed by atoms with van der Waals surface area (Å²) in [6, 6.07) is 0. The molecular weight excluding hydrogens is 255 g/mol. The number of esters is 1. The van der Waals surface area contributed by atoms with E-state index in [2.05, 4.69) is 9.26 Å². The molecule has 8 heteroatoms. The zero-order chi connectivity index (χ0) is 14.0. The lowest BCUT2D eigenvalue weighted by molar-refractivity contribution is -0.137. The highest BCUT2D eigenvalue weighted by atomic mass is 32.2. The van der Waals surface area contributed by atoms with Crippen LogP contribution in [0.4, 0.5) is 0 Å². The van der Waals surface area contributed by atoms with Gasteiger partial charge in [-0.25, -0.2) is 8.42 Å². The average molecular weight is 276 g/mol. The quantitative estimate of drug-likeness (QED) is 0.524. The Kier molecular flexibility index (Phi) is 12.8. The third-order valence-electron chi connectivity index (χ3n) is 0.727. The molecule has 0 atom stereocenters. The van der Waals surface area contributed by atoms with Crippen molar-refractivity contribution in [3.8, 4) is 0 Å². The lowest BCUT2D eigenvalue weighted by Gasteiger charge is -1.98. The molecule has 0 amide bonds. The van der Waals surface area contributed by atoms with Crippen molar-refractivity contribution < 1.29 is 27.0 Å². The van der Waals surface area contributed by atoms with Crippen LogP contribution in [0.1, 0.15) is 6.92 Å². The lowest BCUT2D eigenvalue weighted by Crippen LogP contribution is -1.88. The van der Waals surface area contributed by atoms with E-state index in [0.29, 0.717) is 0 Å². The first-order valence-electron chi connectivity index (χ1n) is 4.13. The summed E-state index contributed by atoms with van der Waals surface area (Å²) in [5.41, 5.74) is 0. The van der Waals surface area contributed by atoms with E-state index in [-0.39, 0.29) is 5.97 Å². The van der Waals surface area contributed by atoms with Gasteiger partial charge in [-0.1, -0.05) is 0 Å². The Bertz CT molecular complexity index is 307. The van der Waals surface area contributed by atoms with Crippen LogP contribution in [0.2, 0.25) is 0 Å². The number of carbonyl (C=O) groups excluding carboxylic acids is 1. The first-order chi connectivity index (χ1) is 6.83. The molecule has 0 aromatic rings. The minimum atomic E-state index is -2.67. The zero-order valence-corrected chi connectivity index (χ0v) is 12.5. The van der Waals surface area contributed by atoms with Crippen molar-refractivity contribution >= 4 is 23.2 Å². The predicted octanol–water partition coefficient (Wildman–Crippen LogP) is 1.01. The molecule has 0 aliphatic carbocycles. The van der Waals surface area contributed by atoms with Gasteiger partial charge in [-0.15, -0.1) is 0 Å². The van der Waals surface area contributed by atoms with E-state index in [9.17, 15) is 17.8 Å². The number of ether oxygens (including phenoxy) is 1. The maximum Gasteiger partial charge on any atom is 0.302 e. The molecule has 0 aliphatic heterocycles. The van der Waals surface area contributed by atoms with Gasteiger partial charge in [0.2, 0.25) is 0 Å². The van der Waals surface area contributed by atoms with Crippen LogP contribution in [-0.2, 0) is 28.5 Å². The molecule has 0 unspecified atom stereocenters. The summed E-state index contributed by atoms with van der Waals surface area (Å²) in [6.07, 6.45) is 2.32. The first-order valence-corrected chi connectivity index (χ1v) is 8.95. The summed E-state index contributed by atoms with van der Waals surface area (Å²) in [5, 5.41) is 0. The molecule has 0 spiro atoms. The Hall–Kier alpha value is -0.390. The Balaban J connectivity index is -0.000000160. The Labute approximate surface area is 97.7 Å². The number of sulfone groups is 1. The second-order valence-electron chi connectivity index (χ2n) is 3.27. The van der Waals surface area contributed by atoms with Crippen LogP contribution >= 0.6 is 7.37 Å². The molecule has 0 bridgehead atoms. The van der Waals surface area contributed by atoms with Crippen molar-refractivity contribution in [3.05, 3.63) is 0 Å². The van der Waals surface area contributed by atoms with Crippen molar-refractivity contribution in [2.45, 2.75) is 6.92 Å². The predicted molar refractivity (Wildman–Crippen MR) is 64.9 cm³/mol. The van der Waals surface area contributed by atoms with Gasteiger partial charge in [0.1, 0.15) is 9.84 Å². The number of hydrogen-bond acceptors (Lipinski definition) is 6. The molecule has 0 aromatic carbocycles. The lowest BCUT2D eigenvalue weighted by atomic mass is 10.8. The minimum absolute atomic E-state index is 0.245. The molecule has 0 aromatic heterocycles. The molecule has 100 valence electrons. The number of methoxy groups -OCH3 is 1. The highest BCUT2D eigenvalue weighted by molar-refractivity contribution is 7.89. The summed E-state index contributed by atoms with van der Waals surface area (Å²) < 4.78 is 38.2. The maximum atomic E-state index is 10.4. The topological polar surface area (TPSA) is 86.7 Å². The third-order valence-corrected chi connectivity index (χ3v) is 1.61. The summed E-state index contributed by atoms with van der Waals surface area (Å²) in [4.78, 5) is 9.59. The first kappa shape index (κ1) is 21.0. The fourth-order valence-corrected chi connectivity index (χ4v) is 0. The minimum Gasteiger partial charge on any atom is -0.469 e. The van der Waals surface area contributed by atoms with Crippen LogP contribution in [0, 0.1) is 0 Å². The van der Waals surface area contributed by atoms with Crippen LogP contribution < -0.4 is 0 Å². The molecule has 0 saturated carbocycles. The van der Waals surface area contributed by atoms with E-state index in [4.69, 9.17) is 0 Å². The number of rotatable bonds is 1. The normalized spacial score (nSPS) is 10.2. The van der Waals surface area contributed by atoms with E-state index in [1.165, 1.54) is 21.1 Å². The second kappa shape index (κ2) is 9.81. The molecule has 0 rings (SSSR count). The monoisotopic (exact) mass is 276 g/mol. The summed E-state index contributed by atoms with van der Waals surface area (Å²) in [5.74, 6) is -0.245. The molecule has 0 radical (unpaired) electrons. The zero-order valence-electron chi connectivity index (χ0n) is 10.8. The van der Waals surface area contributed by atoms with Gasteiger partial charge in [0.05, 0.1) is 7.11 Å². The van der Waals surface area contributed by atoms with Crippen molar-refractivity contribution in [2.75, 3.05) is 40.1 Å². The molecule has 0 saturated heterocycles. The largest absolute Gasteiger partial charge is 0.469 e. The highest BCUT2D eigenvalue weighted by Crippen LogP contribution is 2.35. The molecular formula is C8H21O6PS. The SMILES string of the molecule is COC(C)=O.COP(C)(C)=O.CS(C)(=O)=O. The summed E-state index contributed by atoms with van der Waals surface area (Å²) in [6.45, 7) is 4.51. The van der Waals surface area contributed by atoms with Gasteiger partial charge in [0.25, 0.3) is 0 Å². The third kappa shape index (κ3) is 102. The average Bonchev–Trinajstić information content (AvgIpc) is 2.01. The Morgan fingerprint density at radius 2 is 1.25 bits per heavy atom. The molecule has 0 N–H and O–H groups in total. The fraction of sp³-hybridized carbons (Fsp3) is 0.875. The van der Waals surface area contributed by atoms with E-state index < -0.39 is 17.2 Å². The highest BCUT2D eigenvalue weighted by Gasteiger charge is 1.99. The van der Waals surface area contributed by atoms with Crippen molar-refractivity contribution in [1.29, 1.82) is 0 Å². The van der Waals surface area contributed by atoms with Gasteiger partial charge in [-0.05, 0) is 0 Å². The molecule has 0 aliphatic rings. The van der Waals surface area contributed by atoms with E-state index in [0.717, 1.165) is 12.5 Å². The summed E-state index contributed by atoms with van der Waals surface area (Å²) >= 11 is 0. The Morgan fingerprint density at radius 3 is 1.25 bits per heavy atom. The van der Waals surface area contributed by atoms with Crippen LogP contribution in [0.25, 0.3) is 0 Å². The van der Waals surface area contributed by atoms with E-state index in [1.807, 2.05) is 0 Å². The van der Waals surface area contributed by atoms with Crippen molar-refractivity contribution in [2.24, 2.45) is 0 Å². The van der Waals surface area contributed by atoms with Gasteiger partial charge < -0.3 is 9.26 Å². The number of hydrogen-bond donors (Lipinski definition) is 0. The standard InChI is InChI=1S/C3H9O2P.C3H6O2.C2H6O2S/c1-5-6(2,3)4;1-3(4)5-2;1-5(2,3)4/h1-3H3;2*1-2H3. The van der Waals surface area contributed by atoms with E-state index in [1.54, 1.807) is 13.3 Å². The fourth-order valence-electron chi connectivity index (χ4n) is 0. The smallest absolute Gasteiger partial charge is 0.302 e. The van der Waals surface area contributed by atoms with Crippen LogP contribution in [0.5, 0.6) is 0 Å². The van der Waals surface area contributed by atoms with Gasteiger partial charge in [-0.2, -0.15) is 0 Å². The summed E-state index contributed by atoms with van der Waals surface area (Å²) in [7, 11) is -2.02. The van der Waals surface area contributed by atoms with E-state index >= 15 is 0 Å². The molecule has 6 nitrogen and oxygen atoms in total. The van der Waals surface area contributed by atoms with Crippen molar-refractivity contribution in [3.63, 3.8) is 0 Å². The number of carbonyl (C=O) groups is 1. The Morgan fingerprint density at radius 1 is 1.12 bits per heavy atom. The van der Waals surface area contributed by atoms with Gasteiger partial charge in [-0.3, -0.25) is 9.36 Å². The maximum absolute atomic E-state index is 10.4. The molecule has 0 heterocycles. The van der Waals surface area contributed by atoms with Crippen LogP contribution in [-0.4, -0.2) is 54.4 Å². The van der Waals surface area contributed by atoms with Gasteiger partial charge >= 0.3 is 5.97 Å².